The van der Waals surface area contributed by atoms with Crippen LogP contribution in [0, 0.1) is 17.3 Å². The molecule has 0 aromatic rings. The summed E-state index contributed by atoms with van der Waals surface area (Å²) < 4.78 is 22.8. The molecule has 0 bridgehead atoms. The molecule has 0 atom stereocenters. The Morgan fingerprint density at radius 1 is 0.778 bits per heavy atom. The molecule has 5 nitrogen and oxygen atoms in total. The highest BCUT2D eigenvalue weighted by Gasteiger charge is 2.34. The zero-order chi connectivity index (χ0) is 19.9. The summed E-state index contributed by atoms with van der Waals surface area (Å²) in [5.41, 5.74) is 0.473. The quantitative estimate of drug-likeness (QED) is 0.453. The minimum absolute atomic E-state index is 0.229. The lowest BCUT2D eigenvalue weighted by Crippen LogP contribution is -2.59. The molecule has 1 saturated heterocycles. The first-order valence-electron chi connectivity index (χ1n) is 10.3. The predicted molar refractivity (Wildman–Crippen MR) is 108 cm³/mol. The summed E-state index contributed by atoms with van der Waals surface area (Å²) in [6.07, 6.45) is 2.98. The fourth-order valence-corrected chi connectivity index (χ4v) is 2.91. The zero-order valence-electron chi connectivity index (χ0n) is 18.2. The summed E-state index contributed by atoms with van der Waals surface area (Å²) in [4.78, 5) is 2.42. The van der Waals surface area contributed by atoms with Crippen molar-refractivity contribution in [2.45, 2.75) is 78.2 Å². The molecule has 5 heteroatoms. The number of nitrogens with zero attached hydrogens (tertiary/aromatic N) is 1. The summed E-state index contributed by atoms with van der Waals surface area (Å²) in [6.45, 7) is 18.3. The first-order chi connectivity index (χ1) is 12.6. The maximum atomic E-state index is 5.86. The van der Waals surface area contributed by atoms with Crippen LogP contribution in [0.15, 0.2) is 0 Å². The van der Waals surface area contributed by atoms with Crippen LogP contribution in [0.1, 0.15) is 54.4 Å². The maximum Gasteiger partial charge on any atom is 0.108 e. The molecule has 1 saturated carbocycles. The first-order valence-corrected chi connectivity index (χ1v) is 10.3. The van der Waals surface area contributed by atoms with Crippen LogP contribution in [-0.4, -0.2) is 74.9 Å². The van der Waals surface area contributed by atoms with Gasteiger partial charge in [-0.1, -0.05) is 32.6 Å². The molecule has 0 N–H and O–H groups in total. The minimum Gasteiger partial charge on any atom is -0.377 e. The third-order valence-corrected chi connectivity index (χ3v) is 4.87. The van der Waals surface area contributed by atoms with E-state index < -0.39 is 0 Å². The second-order valence-corrected chi connectivity index (χ2v) is 9.87. The maximum absolute atomic E-state index is 5.86. The highest BCUT2D eigenvalue weighted by Crippen LogP contribution is 2.28. The van der Waals surface area contributed by atoms with Gasteiger partial charge in [0.1, 0.15) is 13.2 Å². The number of likely N-dealkylation sites (tertiary alicyclic amines) is 1. The normalized spacial score (nSPS) is 24.1. The second kappa shape index (κ2) is 10.2. The zero-order valence-corrected chi connectivity index (χ0v) is 18.2. The minimum atomic E-state index is 0.229. The summed E-state index contributed by atoms with van der Waals surface area (Å²) >= 11 is 0. The van der Waals surface area contributed by atoms with Gasteiger partial charge in [-0.3, -0.25) is 4.90 Å². The van der Waals surface area contributed by atoms with Crippen LogP contribution in [0.4, 0.5) is 0 Å². The van der Waals surface area contributed by atoms with Gasteiger partial charge in [0, 0.05) is 31.5 Å². The third-order valence-electron chi connectivity index (χ3n) is 4.87. The van der Waals surface area contributed by atoms with E-state index in [2.05, 4.69) is 58.3 Å². The predicted octanol–water partition coefficient (Wildman–Crippen LogP) is 3.12. The average molecular weight is 382 g/mol. The molecule has 0 radical (unpaired) electrons. The van der Waals surface area contributed by atoms with Crippen molar-refractivity contribution in [3.8, 4) is 11.8 Å². The van der Waals surface area contributed by atoms with E-state index in [0.717, 1.165) is 32.5 Å². The van der Waals surface area contributed by atoms with Crippen molar-refractivity contribution in [2.24, 2.45) is 5.41 Å². The molecule has 156 valence electrons. The lowest BCUT2D eigenvalue weighted by Gasteiger charge is -2.47. The molecular formula is C22H39NO4. The first kappa shape index (κ1) is 22.6. The van der Waals surface area contributed by atoms with Gasteiger partial charge in [0.2, 0.25) is 0 Å². The summed E-state index contributed by atoms with van der Waals surface area (Å²) in [5.74, 6) is 6.01. The van der Waals surface area contributed by atoms with E-state index in [9.17, 15) is 0 Å². The van der Waals surface area contributed by atoms with Crippen LogP contribution in [0.3, 0.4) is 0 Å². The summed E-state index contributed by atoms with van der Waals surface area (Å²) in [7, 11) is 0. The molecule has 0 spiro atoms. The monoisotopic (exact) mass is 381 g/mol. The van der Waals surface area contributed by atoms with Gasteiger partial charge >= 0.3 is 0 Å². The van der Waals surface area contributed by atoms with Gasteiger partial charge in [-0.25, -0.2) is 0 Å². The molecule has 27 heavy (non-hydrogen) atoms. The van der Waals surface area contributed by atoms with Crippen molar-refractivity contribution >= 4 is 0 Å². The standard InChI is InChI=1S/C22H39NO4/c1-21(2,3)17-27-19-13-18(14-19)25-10-8-7-9-24-11-12-26-20-15-23(16-20)22(4,5)6/h18-20H,9-17H2,1-6H3. The fourth-order valence-electron chi connectivity index (χ4n) is 2.91. The molecule has 2 rings (SSSR count). The van der Waals surface area contributed by atoms with Gasteiger partial charge in [0.05, 0.1) is 38.1 Å². The lowest BCUT2D eigenvalue weighted by molar-refractivity contribution is -0.108. The largest absolute Gasteiger partial charge is 0.377 e. The van der Waals surface area contributed by atoms with Crippen molar-refractivity contribution < 1.29 is 18.9 Å². The van der Waals surface area contributed by atoms with Gasteiger partial charge in [0.15, 0.2) is 0 Å². The smallest absolute Gasteiger partial charge is 0.108 e. The van der Waals surface area contributed by atoms with Crippen LogP contribution in [0.5, 0.6) is 0 Å². The summed E-state index contributed by atoms with van der Waals surface area (Å²) in [5, 5.41) is 0. The Morgan fingerprint density at radius 3 is 2.04 bits per heavy atom. The van der Waals surface area contributed by atoms with E-state index in [0.29, 0.717) is 44.7 Å². The van der Waals surface area contributed by atoms with Crippen molar-refractivity contribution in [3.63, 3.8) is 0 Å². The Balaban J connectivity index is 1.36. The highest BCUT2D eigenvalue weighted by atomic mass is 16.5. The number of ether oxygens (including phenoxy) is 4. The van der Waals surface area contributed by atoms with E-state index in [1.54, 1.807) is 0 Å². The molecular weight excluding hydrogens is 342 g/mol. The Bertz CT molecular complexity index is 485. The number of rotatable bonds is 9. The van der Waals surface area contributed by atoms with Crippen LogP contribution in [0.25, 0.3) is 0 Å². The van der Waals surface area contributed by atoms with Gasteiger partial charge in [-0.2, -0.15) is 0 Å². The van der Waals surface area contributed by atoms with Gasteiger partial charge in [0.25, 0.3) is 0 Å². The molecule has 0 aromatic heterocycles. The lowest BCUT2D eigenvalue weighted by atomic mass is 9.91. The fraction of sp³-hybridized carbons (Fsp3) is 0.909. The van der Waals surface area contributed by atoms with Crippen LogP contribution >= 0.6 is 0 Å². The van der Waals surface area contributed by atoms with Gasteiger partial charge < -0.3 is 18.9 Å². The molecule has 1 aliphatic heterocycles. The highest BCUT2D eigenvalue weighted by molar-refractivity contribution is 5.00. The Morgan fingerprint density at radius 2 is 1.41 bits per heavy atom. The van der Waals surface area contributed by atoms with Crippen molar-refractivity contribution in [2.75, 3.05) is 46.1 Å². The van der Waals surface area contributed by atoms with Crippen LogP contribution in [-0.2, 0) is 18.9 Å². The molecule has 0 aromatic carbocycles. The van der Waals surface area contributed by atoms with E-state index >= 15 is 0 Å². The molecule has 1 aliphatic carbocycles. The number of hydrogen-bond acceptors (Lipinski definition) is 5. The van der Waals surface area contributed by atoms with Crippen LogP contribution < -0.4 is 0 Å². The average Bonchev–Trinajstić information content (AvgIpc) is 2.45. The van der Waals surface area contributed by atoms with E-state index in [1.165, 1.54) is 0 Å². The van der Waals surface area contributed by atoms with E-state index in [4.69, 9.17) is 18.9 Å². The Kier molecular flexibility index (Phi) is 8.58. The Labute approximate surface area is 166 Å². The molecule has 2 fully saturated rings. The topological polar surface area (TPSA) is 40.2 Å². The molecule has 0 amide bonds. The molecule has 2 aliphatic rings. The molecule has 1 heterocycles. The SMILES string of the molecule is CC(C)(C)COC1CC(OCC#CCOCCOC2CN(C(C)(C)C)C2)C1. The van der Waals surface area contributed by atoms with E-state index in [-0.39, 0.29) is 11.0 Å². The van der Waals surface area contributed by atoms with Gasteiger partial charge in [-0.15, -0.1) is 0 Å². The van der Waals surface area contributed by atoms with Gasteiger partial charge in [-0.05, 0) is 26.2 Å². The Hall–Kier alpha value is -0.640. The molecule has 0 unspecified atom stereocenters. The summed E-state index contributed by atoms with van der Waals surface area (Å²) in [6, 6.07) is 0. The third kappa shape index (κ3) is 8.93. The van der Waals surface area contributed by atoms with Crippen molar-refractivity contribution in [1.29, 1.82) is 0 Å². The van der Waals surface area contributed by atoms with Crippen LogP contribution in [0.2, 0.25) is 0 Å². The second-order valence-electron chi connectivity index (χ2n) is 9.87. The van der Waals surface area contributed by atoms with Crippen molar-refractivity contribution in [1.82, 2.24) is 4.90 Å². The number of hydrogen-bond donors (Lipinski definition) is 0. The van der Waals surface area contributed by atoms with E-state index in [1.807, 2.05) is 0 Å². The van der Waals surface area contributed by atoms with Crippen molar-refractivity contribution in [3.05, 3.63) is 0 Å².